The molecule has 1 heterocycles. The van der Waals surface area contributed by atoms with E-state index in [0.29, 0.717) is 18.5 Å². The van der Waals surface area contributed by atoms with E-state index < -0.39 is 0 Å². The summed E-state index contributed by atoms with van der Waals surface area (Å²) in [6.07, 6.45) is 0. The van der Waals surface area contributed by atoms with Crippen molar-refractivity contribution in [3.05, 3.63) is 41.5 Å². The van der Waals surface area contributed by atoms with Gasteiger partial charge >= 0.3 is 6.01 Å². The molecule has 1 aromatic heterocycles. The molecule has 0 aliphatic heterocycles. The maximum absolute atomic E-state index is 13.1. The van der Waals surface area contributed by atoms with Crippen LogP contribution in [0.2, 0.25) is 0 Å². The standard InChI is InChI=1S/C13H17FN4O/c1-3-15-8-12-17-18-13(19-12)16-9(2)10-5-4-6-11(14)7-10/h4-7,9,15H,3,8H2,1-2H3,(H,16,18). The quantitative estimate of drug-likeness (QED) is 0.839. The summed E-state index contributed by atoms with van der Waals surface area (Å²) in [4.78, 5) is 0. The second-order valence-electron chi connectivity index (χ2n) is 4.20. The molecule has 0 aliphatic rings. The summed E-state index contributed by atoms with van der Waals surface area (Å²) in [7, 11) is 0. The van der Waals surface area contributed by atoms with Gasteiger partial charge in [0.05, 0.1) is 12.6 Å². The molecule has 19 heavy (non-hydrogen) atoms. The number of halogens is 1. The summed E-state index contributed by atoms with van der Waals surface area (Å²) in [6, 6.07) is 6.64. The van der Waals surface area contributed by atoms with Crippen LogP contribution in [-0.4, -0.2) is 16.7 Å². The Balaban J connectivity index is 1.98. The molecule has 6 heteroatoms. The van der Waals surface area contributed by atoms with Gasteiger partial charge < -0.3 is 15.1 Å². The monoisotopic (exact) mass is 264 g/mol. The third kappa shape index (κ3) is 3.75. The van der Waals surface area contributed by atoms with Crippen LogP contribution in [0.4, 0.5) is 10.4 Å². The van der Waals surface area contributed by atoms with Crippen molar-refractivity contribution in [1.82, 2.24) is 15.5 Å². The summed E-state index contributed by atoms with van der Waals surface area (Å²) in [5, 5.41) is 13.9. The van der Waals surface area contributed by atoms with Crippen LogP contribution in [0.3, 0.4) is 0 Å². The molecule has 102 valence electrons. The Morgan fingerprint density at radius 3 is 2.95 bits per heavy atom. The topological polar surface area (TPSA) is 63.0 Å². The highest BCUT2D eigenvalue weighted by Crippen LogP contribution is 2.18. The van der Waals surface area contributed by atoms with Crippen LogP contribution in [0.1, 0.15) is 31.3 Å². The SMILES string of the molecule is CCNCc1nnc(NC(C)c2cccc(F)c2)o1. The smallest absolute Gasteiger partial charge is 0.315 e. The number of rotatable bonds is 6. The van der Waals surface area contributed by atoms with Gasteiger partial charge in [0, 0.05) is 0 Å². The van der Waals surface area contributed by atoms with Crippen LogP contribution in [0.25, 0.3) is 0 Å². The maximum Gasteiger partial charge on any atom is 0.315 e. The summed E-state index contributed by atoms with van der Waals surface area (Å²) in [5.74, 6) is 0.264. The molecular weight excluding hydrogens is 247 g/mol. The molecule has 1 unspecified atom stereocenters. The number of nitrogens with one attached hydrogen (secondary N) is 2. The summed E-state index contributed by atoms with van der Waals surface area (Å²) >= 11 is 0. The van der Waals surface area contributed by atoms with Crippen molar-refractivity contribution in [3.8, 4) is 0 Å². The van der Waals surface area contributed by atoms with Crippen molar-refractivity contribution in [2.75, 3.05) is 11.9 Å². The fourth-order valence-corrected chi connectivity index (χ4v) is 1.66. The molecule has 2 rings (SSSR count). The van der Waals surface area contributed by atoms with Gasteiger partial charge in [-0.25, -0.2) is 4.39 Å². The predicted molar refractivity (Wildman–Crippen MR) is 70.1 cm³/mol. The third-order valence-electron chi connectivity index (χ3n) is 2.68. The van der Waals surface area contributed by atoms with Gasteiger partial charge in [-0.2, -0.15) is 0 Å². The highest BCUT2D eigenvalue weighted by molar-refractivity contribution is 5.28. The predicted octanol–water partition coefficient (Wildman–Crippen LogP) is 2.49. The number of anilines is 1. The lowest BCUT2D eigenvalue weighted by molar-refractivity contribution is 0.478. The van der Waals surface area contributed by atoms with Gasteiger partial charge in [0.25, 0.3) is 0 Å². The highest BCUT2D eigenvalue weighted by Gasteiger charge is 2.11. The van der Waals surface area contributed by atoms with Crippen LogP contribution >= 0.6 is 0 Å². The minimum Gasteiger partial charge on any atom is -0.407 e. The molecule has 0 bridgehead atoms. The number of nitrogens with zero attached hydrogens (tertiary/aromatic N) is 2. The molecule has 5 nitrogen and oxygen atoms in total. The van der Waals surface area contributed by atoms with Gasteiger partial charge in [-0.05, 0) is 31.2 Å². The molecule has 1 aromatic carbocycles. The first-order chi connectivity index (χ1) is 9.19. The largest absolute Gasteiger partial charge is 0.407 e. The van der Waals surface area contributed by atoms with Crippen LogP contribution < -0.4 is 10.6 Å². The number of aromatic nitrogens is 2. The lowest BCUT2D eigenvalue weighted by Crippen LogP contribution is -2.11. The molecule has 0 saturated heterocycles. The molecule has 0 aliphatic carbocycles. The highest BCUT2D eigenvalue weighted by atomic mass is 19.1. The Hall–Kier alpha value is -1.95. The van der Waals surface area contributed by atoms with Crippen molar-refractivity contribution in [1.29, 1.82) is 0 Å². The van der Waals surface area contributed by atoms with E-state index in [-0.39, 0.29) is 11.9 Å². The van der Waals surface area contributed by atoms with E-state index in [0.717, 1.165) is 12.1 Å². The normalized spacial score (nSPS) is 12.4. The fraction of sp³-hybridized carbons (Fsp3) is 0.385. The Morgan fingerprint density at radius 2 is 2.21 bits per heavy atom. The van der Waals surface area contributed by atoms with Crippen LogP contribution in [0.5, 0.6) is 0 Å². The molecule has 0 saturated carbocycles. The third-order valence-corrected chi connectivity index (χ3v) is 2.68. The Labute approximate surface area is 111 Å². The molecule has 2 N–H and O–H groups in total. The van der Waals surface area contributed by atoms with E-state index in [9.17, 15) is 4.39 Å². The van der Waals surface area contributed by atoms with Gasteiger partial charge in [-0.1, -0.05) is 24.2 Å². The molecule has 0 spiro atoms. The first kappa shape index (κ1) is 13.5. The van der Waals surface area contributed by atoms with E-state index >= 15 is 0 Å². The van der Waals surface area contributed by atoms with Crippen molar-refractivity contribution in [2.45, 2.75) is 26.4 Å². The van der Waals surface area contributed by atoms with Gasteiger partial charge in [0.15, 0.2) is 0 Å². The number of benzene rings is 1. The van der Waals surface area contributed by atoms with E-state index in [1.165, 1.54) is 12.1 Å². The second kappa shape index (κ2) is 6.29. The van der Waals surface area contributed by atoms with Gasteiger partial charge in [-0.3, -0.25) is 0 Å². The molecule has 0 radical (unpaired) electrons. The lowest BCUT2D eigenvalue weighted by Gasteiger charge is -2.11. The van der Waals surface area contributed by atoms with Crippen LogP contribution in [0, 0.1) is 5.82 Å². The molecule has 0 amide bonds. The van der Waals surface area contributed by atoms with Crippen LogP contribution in [0.15, 0.2) is 28.7 Å². The molecular formula is C13H17FN4O. The Bertz CT molecular complexity index is 529. The summed E-state index contributed by atoms with van der Waals surface area (Å²) in [6.45, 7) is 5.29. The van der Waals surface area contributed by atoms with Crippen molar-refractivity contribution >= 4 is 6.01 Å². The zero-order valence-corrected chi connectivity index (χ0v) is 11.0. The van der Waals surface area contributed by atoms with Gasteiger partial charge in [0.2, 0.25) is 5.89 Å². The number of hydrogen-bond donors (Lipinski definition) is 2. The first-order valence-corrected chi connectivity index (χ1v) is 6.24. The second-order valence-corrected chi connectivity index (χ2v) is 4.20. The van der Waals surface area contributed by atoms with Gasteiger partial charge in [0.1, 0.15) is 5.82 Å². The van der Waals surface area contributed by atoms with E-state index in [4.69, 9.17) is 4.42 Å². The van der Waals surface area contributed by atoms with E-state index in [2.05, 4.69) is 20.8 Å². The summed E-state index contributed by atoms with van der Waals surface area (Å²) < 4.78 is 18.5. The first-order valence-electron chi connectivity index (χ1n) is 6.24. The van der Waals surface area contributed by atoms with Crippen LogP contribution in [-0.2, 0) is 6.54 Å². The zero-order chi connectivity index (χ0) is 13.7. The summed E-state index contributed by atoms with van der Waals surface area (Å²) in [5.41, 5.74) is 0.825. The average molecular weight is 264 g/mol. The minimum atomic E-state index is -0.260. The number of hydrogen-bond acceptors (Lipinski definition) is 5. The molecule has 2 aromatic rings. The van der Waals surface area contributed by atoms with E-state index in [1.54, 1.807) is 6.07 Å². The van der Waals surface area contributed by atoms with Crippen molar-refractivity contribution in [3.63, 3.8) is 0 Å². The zero-order valence-electron chi connectivity index (χ0n) is 11.0. The average Bonchev–Trinajstić information content (AvgIpc) is 2.84. The Morgan fingerprint density at radius 1 is 1.37 bits per heavy atom. The van der Waals surface area contributed by atoms with Crippen molar-refractivity contribution < 1.29 is 8.81 Å². The van der Waals surface area contributed by atoms with E-state index in [1.807, 2.05) is 19.9 Å². The molecule has 1 atom stereocenters. The Kier molecular flexibility index (Phi) is 4.46. The van der Waals surface area contributed by atoms with Crippen molar-refractivity contribution in [2.24, 2.45) is 0 Å². The minimum absolute atomic E-state index is 0.108. The lowest BCUT2D eigenvalue weighted by atomic mass is 10.1. The fourth-order valence-electron chi connectivity index (χ4n) is 1.66. The molecule has 0 fully saturated rings. The maximum atomic E-state index is 13.1. The van der Waals surface area contributed by atoms with Gasteiger partial charge in [-0.15, -0.1) is 5.10 Å².